The number of methoxy groups -OCH3 is 2. The average Bonchev–Trinajstić information content (AvgIpc) is 2.78. The first-order chi connectivity index (χ1) is 11.2. The fourth-order valence-electron chi connectivity index (χ4n) is 2.65. The Balaban J connectivity index is 1.99. The van der Waals surface area contributed by atoms with Crippen molar-refractivity contribution >= 4 is 33.0 Å². The molecule has 0 radical (unpaired) electrons. The zero-order valence-electron chi connectivity index (χ0n) is 13.8. The molecule has 1 atom stereocenters. The number of halogens is 1. The molecule has 24 heavy (non-hydrogen) atoms. The summed E-state index contributed by atoms with van der Waals surface area (Å²) < 4.78 is 33.5. The number of ether oxygens (including phenoxy) is 2. The largest absolute Gasteiger partial charge is 0.493 e. The van der Waals surface area contributed by atoms with Crippen LogP contribution >= 0.6 is 11.6 Å². The van der Waals surface area contributed by atoms with Crippen LogP contribution in [0.15, 0.2) is 12.1 Å². The summed E-state index contributed by atoms with van der Waals surface area (Å²) in [6.07, 6.45) is 0.415. The van der Waals surface area contributed by atoms with Gasteiger partial charge in [-0.3, -0.25) is 4.79 Å². The van der Waals surface area contributed by atoms with E-state index in [0.717, 1.165) is 0 Å². The Bertz CT molecular complexity index is 738. The van der Waals surface area contributed by atoms with Gasteiger partial charge in [0.25, 0.3) is 0 Å². The van der Waals surface area contributed by atoms with Gasteiger partial charge in [0.2, 0.25) is 5.91 Å². The molecule has 0 aromatic heterocycles. The molecule has 7 nitrogen and oxygen atoms in total. The molecule has 1 heterocycles. The molecule has 0 saturated carbocycles. The molecule has 1 aromatic rings. The third-order valence-electron chi connectivity index (χ3n) is 3.86. The number of sulfone groups is 1. The number of hydrogen-bond donors (Lipinski definition) is 2. The molecule has 9 heteroatoms. The molecule has 0 unspecified atom stereocenters. The number of anilines is 1. The van der Waals surface area contributed by atoms with Crippen LogP contribution in [-0.4, -0.2) is 52.1 Å². The normalized spacial score (nSPS) is 22.0. The van der Waals surface area contributed by atoms with E-state index in [1.54, 1.807) is 19.1 Å². The van der Waals surface area contributed by atoms with Gasteiger partial charge in [-0.15, -0.1) is 0 Å². The molecular formula is C15H21ClN2O5S. The second-order valence-corrected chi connectivity index (χ2v) is 8.58. The number of nitrogens with one attached hydrogen (secondary N) is 2. The van der Waals surface area contributed by atoms with Gasteiger partial charge in [-0.05, 0) is 13.3 Å². The Kier molecular flexibility index (Phi) is 5.49. The fraction of sp³-hybridized carbons (Fsp3) is 0.533. The molecule has 1 fully saturated rings. The molecule has 1 aliphatic rings. The lowest BCUT2D eigenvalue weighted by Gasteiger charge is -2.24. The Morgan fingerprint density at radius 1 is 1.29 bits per heavy atom. The van der Waals surface area contributed by atoms with E-state index in [-0.39, 0.29) is 24.0 Å². The lowest BCUT2D eigenvalue weighted by atomic mass is 10.0. The van der Waals surface area contributed by atoms with Crippen molar-refractivity contribution in [2.75, 3.05) is 37.6 Å². The highest BCUT2D eigenvalue weighted by atomic mass is 35.5. The molecule has 134 valence electrons. The Hall–Kier alpha value is -1.67. The van der Waals surface area contributed by atoms with E-state index in [1.807, 2.05) is 0 Å². The quantitative estimate of drug-likeness (QED) is 0.780. The molecule has 2 N–H and O–H groups in total. The summed E-state index contributed by atoms with van der Waals surface area (Å²) in [7, 11) is -0.0681. The predicted molar refractivity (Wildman–Crippen MR) is 92.9 cm³/mol. The average molecular weight is 377 g/mol. The van der Waals surface area contributed by atoms with Gasteiger partial charge in [-0.25, -0.2) is 8.42 Å². The Morgan fingerprint density at radius 2 is 1.92 bits per heavy atom. The van der Waals surface area contributed by atoms with Crippen LogP contribution in [0, 0.1) is 0 Å². The van der Waals surface area contributed by atoms with Crippen LogP contribution in [0.2, 0.25) is 5.02 Å². The predicted octanol–water partition coefficient (Wildman–Crippen LogP) is 1.46. The molecule has 1 aromatic carbocycles. The van der Waals surface area contributed by atoms with Gasteiger partial charge in [0.05, 0.1) is 48.5 Å². The van der Waals surface area contributed by atoms with Gasteiger partial charge in [-0.1, -0.05) is 11.6 Å². The van der Waals surface area contributed by atoms with Crippen molar-refractivity contribution in [1.82, 2.24) is 5.32 Å². The van der Waals surface area contributed by atoms with Crippen LogP contribution in [0.1, 0.15) is 13.3 Å². The summed E-state index contributed by atoms with van der Waals surface area (Å²) in [4.78, 5) is 12.1. The number of carbonyl (C=O) groups excluding carboxylic acids is 1. The fourth-order valence-corrected chi connectivity index (χ4v) is 4.97. The van der Waals surface area contributed by atoms with Crippen molar-refractivity contribution in [3.05, 3.63) is 17.2 Å². The molecule has 0 aliphatic carbocycles. The van der Waals surface area contributed by atoms with Crippen LogP contribution in [0.5, 0.6) is 11.5 Å². The first-order valence-corrected chi connectivity index (χ1v) is 9.55. The number of rotatable bonds is 6. The summed E-state index contributed by atoms with van der Waals surface area (Å²) in [5, 5.41) is 6.08. The maximum Gasteiger partial charge on any atom is 0.239 e. The highest BCUT2D eigenvalue weighted by Crippen LogP contribution is 2.35. The summed E-state index contributed by atoms with van der Waals surface area (Å²) in [5.41, 5.74) is -0.201. The van der Waals surface area contributed by atoms with Gasteiger partial charge >= 0.3 is 0 Å². The lowest BCUT2D eigenvalue weighted by molar-refractivity contribution is -0.120. The van der Waals surface area contributed by atoms with Crippen molar-refractivity contribution in [3.63, 3.8) is 0 Å². The van der Waals surface area contributed by atoms with E-state index >= 15 is 0 Å². The molecule has 2 rings (SSSR count). The lowest BCUT2D eigenvalue weighted by Crippen LogP contribution is -2.48. The minimum atomic E-state index is -3.08. The number of benzene rings is 1. The summed E-state index contributed by atoms with van der Waals surface area (Å²) in [5.74, 6) is 0.724. The van der Waals surface area contributed by atoms with Crippen molar-refractivity contribution in [1.29, 1.82) is 0 Å². The van der Waals surface area contributed by atoms with E-state index in [9.17, 15) is 13.2 Å². The van der Waals surface area contributed by atoms with Crippen molar-refractivity contribution in [2.45, 2.75) is 18.9 Å². The van der Waals surface area contributed by atoms with Crippen molar-refractivity contribution in [2.24, 2.45) is 0 Å². The van der Waals surface area contributed by atoms with Crippen LogP contribution < -0.4 is 20.1 Å². The summed E-state index contributed by atoms with van der Waals surface area (Å²) in [6, 6.07) is 3.22. The van der Waals surface area contributed by atoms with E-state index in [1.165, 1.54) is 14.2 Å². The van der Waals surface area contributed by atoms with Crippen LogP contribution in [0.4, 0.5) is 5.69 Å². The minimum absolute atomic E-state index is 0.0369. The SMILES string of the molecule is COc1cc(Cl)c(NCC(=O)N[C@@]2(C)CCS(=O)(=O)C2)cc1OC. The smallest absolute Gasteiger partial charge is 0.239 e. The van der Waals surface area contributed by atoms with Crippen molar-refractivity contribution in [3.8, 4) is 11.5 Å². The second-order valence-electron chi connectivity index (χ2n) is 5.99. The first-order valence-electron chi connectivity index (χ1n) is 7.35. The zero-order chi connectivity index (χ0) is 18.0. The van der Waals surface area contributed by atoms with Gasteiger partial charge in [0.15, 0.2) is 21.3 Å². The van der Waals surface area contributed by atoms with Gasteiger partial charge in [0.1, 0.15) is 0 Å². The topological polar surface area (TPSA) is 93.7 Å². The maximum atomic E-state index is 12.1. The molecule has 1 amide bonds. The summed E-state index contributed by atoms with van der Waals surface area (Å²) in [6.45, 7) is 1.70. The maximum absolute atomic E-state index is 12.1. The van der Waals surface area contributed by atoms with E-state index in [4.69, 9.17) is 21.1 Å². The highest BCUT2D eigenvalue weighted by Gasteiger charge is 2.39. The van der Waals surface area contributed by atoms with Gasteiger partial charge < -0.3 is 20.1 Å². The zero-order valence-corrected chi connectivity index (χ0v) is 15.4. The number of carbonyl (C=O) groups is 1. The van der Waals surface area contributed by atoms with Gasteiger partial charge in [0, 0.05) is 12.1 Å². The van der Waals surface area contributed by atoms with Crippen LogP contribution in [-0.2, 0) is 14.6 Å². The monoisotopic (exact) mass is 376 g/mol. The Morgan fingerprint density at radius 3 is 2.46 bits per heavy atom. The molecule has 0 bridgehead atoms. The standard InChI is InChI=1S/C15H21ClN2O5S/c1-15(4-5-24(20,21)9-15)18-14(19)8-17-11-7-13(23-3)12(22-2)6-10(11)16/h6-7,17H,4-5,8-9H2,1-3H3,(H,18,19)/t15-/m0/s1. The Labute approximate surface area is 146 Å². The highest BCUT2D eigenvalue weighted by molar-refractivity contribution is 7.91. The van der Waals surface area contributed by atoms with E-state index < -0.39 is 15.4 Å². The number of amides is 1. The van der Waals surface area contributed by atoms with Crippen LogP contribution in [0.3, 0.4) is 0 Å². The minimum Gasteiger partial charge on any atom is -0.493 e. The second kappa shape index (κ2) is 7.06. The first kappa shape index (κ1) is 18.7. The van der Waals surface area contributed by atoms with E-state index in [2.05, 4.69) is 10.6 Å². The number of hydrogen-bond acceptors (Lipinski definition) is 6. The molecule has 1 saturated heterocycles. The molecular weight excluding hydrogens is 356 g/mol. The third-order valence-corrected chi connectivity index (χ3v) is 6.07. The van der Waals surface area contributed by atoms with Gasteiger partial charge in [-0.2, -0.15) is 0 Å². The third kappa shape index (κ3) is 4.45. The van der Waals surface area contributed by atoms with Crippen LogP contribution in [0.25, 0.3) is 0 Å². The van der Waals surface area contributed by atoms with Crippen molar-refractivity contribution < 1.29 is 22.7 Å². The molecule has 1 aliphatic heterocycles. The summed E-state index contributed by atoms with van der Waals surface area (Å²) >= 11 is 6.15. The molecule has 0 spiro atoms. The van der Waals surface area contributed by atoms with E-state index in [0.29, 0.717) is 28.6 Å².